The van der Waals surface area contributed by atoms with Gasteiger partial charge in [-0.05, 0) is 42.3 Å². The largest absolute Gasteiger partial charge is 0.503 e. The van der Waals surface area contributed by atoms with Crippen molar-refractivity contribution in [2.24, 2.45) is 0 Å². The van der Waals surface area contributed by atoms with Crippen molar-refractivity contribution in [3.63, 3.8) is 0 Å². The zero-order valence-electron chi connectivity index (χ0n) is 13.5. The fraction of sp³-hybridized carbons (Fsp3) is 0.111. The van der Waals surface area contributed by atoms with Gasteiger partial charge >= 0.3 is 0 Å². The second kappa shape index (κ2) is 6.78. The molecule has 25 heavy (non-hydrogen) atoms. The highest BCUT2D eigenvalue weighted by Gasteiger charge is 2.11. The molecule has 0 fully saturated rings. The molecule has 7 heteroatoms. The Balaban J connectivity index is 2.12. The molecule has 1 aromatic carbocycles. The SMILES string of the molecule is COc1cc(/C=C(\Cl)c2cc(=O)n3cccc(C)c3n2)cc(Cl)c1O. The third kappa shape index (κ3) is 3.34. The number of hydrogen-bond donors (Lipinski definition) is 1. The van der Waals surface area contributed by atoms with E-state index in [4.69, 9.17) is 27.9 Å². The summed E-state index contributed by atoms with van der Waals surface area (Å²) < 4.78 is 6.53. The van der Waals surface area contributed by atoms with E-state index in [2.05, 4.69) is 4.98 Å². The van der Waals surface area contributed by atoms with Crippen LogP contribution in [0, 0.1) is 6.92 Å². The van der Waals surface area contributed by atoms with Crippen LogP contribution in [-0.2, 0) is 0 Å². The summed E-state index contributed by atoms with van der Waals surface area (Å²) in [4.78, 5) is 16.7. The maximum Gasteiger partial charge on any atom is 0.258 e. The van der Waals surface area contributed by atoms with E-state index in [1.54, 1.807) is 30.5 Å². The van der Waals surface area contributed by atoms with Crippen molar-refractivity contribution in [1.82, 2.24) is 9.38 Å². The van der Waals surface area contributed by atoms with Crippen molar-refractivity contribution in [3.05, 3.63) is 68.7 Å². The number of benzene rings is 1. The van der Waals surface area contributed by atoms with Crippen LogP contribution in [0.5, 0.6) is 11.5 Å². The maximum atomic E-state index is 12.3. The molecule has 3 aromatic rings. The summed E-state index contributed by atoms with van der Waals surface area (Å²) >= 11 is 12.3. The van der Waals surface area contributed by atoms with Crippen molar-refractivity contribution in [2.45, 2.75) is 6.92 Å². The highest BCUT2D eigenvalue weighted by atomic mass is 35.5. The maximum absolute atomic E-state index is 12.3. The molecule has 0 saturated carbocycles. The van der Waals surface area contributed by atoms with Crippen LogP contribution in [0.1, 0.15) is 16.8 Å². The average molecular weight is 377 g/mol. The van der Waals surface area contributed by atoms with E-state index >= 15 is 0 Å². The Bertz CT molecular complexity index is 1060. The molecule has 1 N–H and O–H groups in total. The summed E-state index contributed by atoms with van der Waals surface area (Å²) in [6.07, 6.45) is 3.26. The van der Waals surface area contributed by atoms with E-state index in [1.807, 2.05) is 13.0 Å². The number of aromatic hydroxyl groups is 1. The monoisotopic (exact) mass is 376 g/mol. The number of aromatic nitrogens is 2. The van der Waals surface area contributed by atoms with Gasteiger partial charge in [-0.15, -0.1) is 0 Å². The first kappa shape index (κ1) is 17.3. The van der Waals surface area contributed by atoms with Gasteiger partial charge in [-0.1, -0.05) is 29.3 Å². The first-order valence-electron chi connectivity index (χ1n) is 7.34. The Morgan fingerprint density at radius 2 is 2.12 bits per heavy atom. The second-order valence-electron chi connectivity index (χ2n) is 5.41. The number of phenols is 1. The lowest BCUT2D eigenvalue weighted by Gasteiger charge is -2.08. The summed E-state index contributed by atoms with van der Waals surface area (Å²) in [5, 5.41) is 10.2. The third-order valence-electron chi connectivity index (χ3n) is 3.69. The molecule has 0 bridgehead atoms. The Hall–Kier alpha value is -2.50. The smallest absolute Gasteiger partial charge is 0.258 e. The predicted octanol–water partition coefficient (Wildman–Crippen LogP) is 4.11. The van der Waals surface area contributed by atoms with Crippen LogP contribution in [-0.4, -0.2) is 21.6 Å². The number of pyridine rings is 1. The molecule has 0 saturated heterocycles. The molecule has 128 valence electrons. The molecule has 2 heterocycles. The van der Waals surface area contributed by atoms with Gasteiger partial charge in [-0.2, -0.15) is 0 Å². The van der Waals surface area contributed by atoms with Crippen molar-refractivity contribution >= 4 is 40.0 Å². The van der Waals surface area contributed by atoms with Crippen LogP contribution in [0.3, 0.4) is 0 Å². The first-order chi connectivity index (χ1) is 11.9. The Morgan fingerprint density at radius 1 is 1.36 bits per heavy atom. The predicted molar refractivity (Wildman–Crippen MR) is 99.6 cm³/mol. The minimum atomic E-state index is -0.225. The molecule has 2 aromatic heterocycles. The van der Waals surface area contributed by atoms with E-state index in [1.165, 1.54) is 17.6 Å². The number of ether oxygens (including phenoxy) is 1. The van der Waals surface area contributed by atoms with Crippen LogP contribution in [0.15, 0.2) is 41.3 Å². The van der Waals surface area contributed by atoms with Crippen molar-refractivity contribution < 1.29 is 9.84 Å². The molecule has 0 amide bonds. The van der Waals surface area contributed by atoms with Crippen LogP contribution >= 0.6 is 23.2 Å². The number of aryl methyl sites for hydroxylation is 1. The van der Waals surface area contributed by atoms with Gasteiger partial charge in [0.2, 0.25) is 0 Å². The van der Waals surface area contributed by atoms with Crippen molar-refractivity contribution in [1.29, 1.82) is 0 Å². The normalized spacial score (nSPS) is 11.8. The van der Waals surface area contributed by atoms with Crippen molar-refractivity contribution in [3.8, 4) is 11.5 Å². The molecule has 0 aliphatic rings. The summed E-state index contributed by atoms with van der Waals surface area (Å²) in [5.41, 5.74) is 2.13. The number of phenolic OH excluding ortho intramolecular Hbond substituents is 1. The standard InChI is InChI=1S/C18H14Cl2N2O3/c1-10-4-3-5-22-16(23)9-14(21-18(10)22)12(19)6-11-7-13(20)17(24)15(8-11)25-2/h3-9,24H,1-2H3/b12-6-. The van der Waals surface area contributed by atoms with Gasteiger partial charge in [0.25, 0.3) is 5.56 Å². The van der Waals surface area contributed by atoms with Gasteiger partial charge in [-0.25, -0.2) is 4.98 Å². The van der Waals surface area contributed by atoms with Gasteiger partial charge in [0.15, 0.2) is 11.5 Å². The lowest BCUT2D eigenvalue weighted by molar-refractivity contribution is 0.373. The Kier molecular flexibility index (Phi) is 4.70. The van der Waals surface area contributed by atoms with E-state index < -0.39 is 0 Å². The zero-order valence-corrected chi connectivity index (χ0v) is 15.0. The number of halogens is 2. The number of methoxy groups -OCH3 is 1. The number of hydrogen-bond acceptors (Lipinski definition) is 4. The Labute approximate surface area is 153 Å². The lowest BCUT2D eigenvalue weighted by Crippen LogP contribution is -2.15. The summed E-state index contributed by atoms with van der Waals surface area (Å²) in [6.45, 7) is 1.87. The first-order valence-corrected chi connectivity index (χ1v) is 8.09. The number of nitrogens with zero attached hydrogens (tertiary/aromatic N) is 2. The van der Waals surface area contributed by atoms with Crippen LogP contribution < -0.4 is 10.3 Å². The van der Waals surface area contributed by atoms with Gasteiger partial charge in [0.1, 0.15) is 5.65 Å². The molecule has 3 rings (SSSR count). The fourth-order valence-electron chi connectivity index (χ4n) is 2.44. The number of rotatable bonds is 3. The minimum Gasteiger partial charge on any atom is -0.503 e. The highest BCUT2D eigenvalue weighted by Crippen LogP contribution is 2.36. The number of fused-ring (bicyclic) bond motifs is 1. The van der Waals surface area contributed by atoms with Gasteiger partial charge in [-0.3, -0.25) is 9.20 Å². The van der Waals surface area contributed by atoms with Crippen LogP contribution in [0.4, 0.5) is 0 Å². The third-order valence-corrected chi connectivity index (χ3v) is 4.29. The topological polar surface area (TPSA) is 63.8 Å². The minimum absolute atomic E-state index is 0.137. The summed E-state index contributed by atoms with van der Waals surface area (Å²) in [5.74, 6) is 0.0840. The molecule has 0 unspecified atom stereocenters. The zero-order chi connectivity index (χ0) is 18.1. The quantitative estimate of drug-likeness (QED) is 0.746. The molecule has 0 aliphatic heterocycles. The van der Waals surface area contributed by atoms with Crippen LogP contribution in [0.2, 0.25) is 5.02 Å². The summed E-state index contributed by atoms with van der Waals surface area (Å²) in [6, 6.07) is 8.15. The van der Waals surface area contributed by atoms with E-state index in [-0.39, 0.29) is 27.1 Å². The lowest BCUT2D eigenvalue weighted by atomic mass is 10.1. The molecule has 5 nitrogen and oxygen atoms in total. The Morgan fingerprint density at radius 3 is 2.84 bits per heavy atom. The van der Waals surface area contributed by atoms with Gasteiger partial charge < -0.3 is 9.84 Å². The van der Waals surface area contributed by atoms with Crippen LogP contribution in [0.25, 0.3) is 16.8 Å². The highest BCUT2D eigenvalue weighted by molar-refractivity contribution is 6.51. The second-order valence-corrected chi connectivity index (χ2v) is 6.22. The molecule has 0 atom stereocenters. The van der Waals surface area contributed by atoms with E-state index in [9.17, 15) is 9.90 Å². The van der Waals surface area contributed by atoms with E-state index in [0.717, 1.165) is 5.56 Å². The molecular weight excluding hydrogens is 363 g/mol. The molecule has 0 aliphatic carbocycles. The molecule has 0 radical (unpaired) electrons. The fourth-order valence-corrected chi connectivity index (χ4v) is 2.88. The molecular formula is C18H14Cl2N2O3. The van der Waals surface area contributed by atoms with E-state index in [0.29, 0.717) is 16.9 Å². The molecule has 0 spiro atoms. The average Bonchev–Trinajstić information content (AvgIpc) is 2.58. The van der Waals surface area contributed by atoms with Gasteiger partial charge in [0, 0.05) is 12.3 Å². The summed E-state index contributed by atoms with van der Waals surface area (Å²) in [7, 11) is 1.43. The van der Waals surface area contributed by atoms with Gasteiger partial charge in [0.05, 0.1) is 22.9 Å². The van der Waals surface area contributed by atoms with Crippen molar-refractivity contribution in [2.75, 3.05) is 7.11 Å².